The zero-order chi connectivity index (χ0) is 13.0. The quantitative estimate of drug-likeness (QED) is 0.498. The molecule has 1 heterocycles. The minimum absolute atomic E-state index is 0.122. The number of benzene rings is 1. The van der Waals surface area contributed by atoms with E-state index in [4.69, 9.17) is 10.5 Å². The number of aromatic nitrogens is 2. The molecule has 0 aliphatic rings. The Kier molecular flexibility index (Phi) is 3.82. The molecule has 0 atom stereocenters. The summed E-state index contributed by atoms with van der Waals surface area (Å²) in [6.07, 6.45) is 3.61. The topological polar surface area (TPSA) is 70.1 Å². The summed E-state index contributed by atoms with van der Waals surface area (Å²) in [7, 11) is 0. The largest absolute Gasteiger partial charge is 0.464 e. The van der Waals surface area contributed by atoms with Gasteiger partial charge in [-0.1, -0.05) is 13.3 Å². The van der Waals surface area contributed by atoms with Gasteiger partial charge in [-0.2, -0.15) is 5.10 Å². The maximum absolute atomic E-state index is 11.6. The molecule has 0 saturated heterocycles. The lowest BCUT2D eigenvalue weighted by Crippen LogP contribution is -2.15. The molecule has 0 fully saturated rings. The Morgan fingerprint density at radius 2 is 2.33 bits per heavy atom. The van der Waals surface area contributed by atoms with Gasteiger partial charge in [0.25, 0.3) is 0 Å². The lowest BCUT2D eigenvalue weighted by Gasteiger charge is -2.05. The second-order valence-electron chi connectivity index (χ2n) is 4.19. The van der Waals surface area contributed by atoms with Gasteiger partial charge in [0, 0.05) is 11.1 Å². The van der Waals surface area contributed by atoms with Crippen LogP contribution in [0.3, 0.4) is 0 Å². The zero-order valence-electron chi connectivity index (χ0n) is 10.4. The average Bonchev–Trinajstić information content (AvgIpc) is 2.72. The van der Waals surface area contributed by atoms with Crippen molar-refractivity contribution in [3.05, 3.63) is 24.4 Å². The van der Waals surface area contributed by atoms with Crippen LogP contribution in [0.15, 0.2) is 24.4 Å². The van der Waals surface area contributed by atoms with E-state index in [1.807, 2.05) is 18.2 Å². The van der Waals surface area contributed by atoms with E-state index >= 15 is 0 Å². The zero-order valence-corrected chi connectivity index (χ0v) is 10.4. The van der Waals surface area contributed by atoms with Gasteiger partial charge < -0.3 is 10.5 Å². The molecule has 1 aromatic heterocycles. The van der Waals surface area contributed by atoms with Crippen LogP contribution in [0.5, 0.6) is 0 Å². The first-order valence-electron chi connectivity index (χ1n) is 6.07. The van der Waals surface area contributed by atoms with Crippen molar-refractivity contribution in [3.63, 3.8) is 0 Å². The molecule has 0 bridgehead atoms. The number of nitrogens with zero attached hydrogens (tertiary/aromatic N) is 2. The molecule has 0 saturated carbocycles. The van der Waals surface area contributed by atoms with Gasteiger partial charge in [-0.3, -0.25) is 9.48 Å². The summed E-state index contributed by atoms with van der Waals surface area (Å²) in [6.45, 7) is 2.64. The van der Waals surface area contributed by atoms with Crippen LogP contribution < -0.4 is 5.73 Å². The number of hydrogen-bond acceptors (Lipinski definition) is 4. The van der Waals surface area contributed by atoms with Crippen LogP contribution in [-0.2, 0) is 16.1 Å². The fraction of sp³-hybridized carbons (Fsp3) is 0.385. The first kappa shape index (κ1) is 12.4. The van der Waals surface area contributed by atoms with Crippen molar-refractivity contribution in [2.75, 3.05) is 12.3 Å². The fourth-order valence-corrected chi connectivity index (χ4v) is 1.71. The highest BCUT2D eigenvalue weighted by Crippen LogP contribution is 2.16. The number of nitrogen functional groups attached to an aromatic ring is 1. The number of unbranched alkanes of at least 4 members (excludes halogenated alkanes) is 1. The number of carbonyl (C=O) groups excluding carboxylic acids is 1. The van der Waals surface area contributed by atoms with Crippen molar-refractivity contribution >= 4 is 22.6 Å². The lowest BCUT2D eigenvalue weighted by molar-refractivity contribution is -0.144. The van der Waals surface area contributed by atoms with Gasteiger partial charge >= 0.3 is 5.97 Å². The van der Waals surface area contributed by atoms with Crippen molar-refractivity contribution in [3.8, 4) is 0 Å². The van der Waals surface area contributed by atoms with E-state index in [0.29, 0.717) is 12.3 Å². The van der Waals surface area contributed by atoms with Gasteiger partial charge in [0.05, 0.1) is 18.3 Å². The van der Waals surface area contributed by atoms with Crippen LogP contribution in [0.4, 0.5) is 5.69 Å². The normalized spacial score (nSPS) is 10.7. The van der Waals surface area contributed by atoms with Crippen molar-refractivity contribution < 1.29 is 9.53 Å². The van der Waals surface area contributed by atoms with E-state index in [1.165, 1.54) is 0 Å². The summed E-state index contributed by atoms with van der Waals surface area (Å²) in [5.74, 6) is -0.268. The minimum atomic E-state index is -0.268. The summed E-state index contributed by atoms with van der Waals surface area (Å²) >= 11 is 0. The van der Waals surface area contributed by atoms with Crippen molar-refractivity contribution in [1.29, 1.82) is 0 Å². The second-order valence-corrected chi connectivity index (χ2v) is 4.19. The van der Waals surface area contributed by atoms with Crippen LogP contribution in [0.2, 0.25) is 0 Å². The summed E-state index contributed by atoms with van der Waals surface area (Å²) in [5, 5.41) is 5.13. The molecule has 5 nitrogen and oxygen atoms in total. The van der Waals surface area contributed by atoms with E-state index in [0.717, 1.165) is 23.7 Å². The minimum Gasteiger partial charge on any atom is -0.464 e. The van der Waals surface area contributed by atoms with Crippen LogP contribution in [0, 0.1) is 0 Å². The Bertz CT molecular complexity index is 548. The van der Waals surface area contributed by atoms with Crippen LogP contribution in [-0.4, -0.2) is 22.4 Å². The van der Waals surface area contributed by atoms with Crippen LogP contribution >= 0.6 is 0 Å². The lowest BCUT2D eigenvalue weighted by atomic mass is 10.2. The van der Waals surface area contributed by atoms with Gasteiger partial charge in [-0.15, -0.1) is 0 Å². The Morgan fingerprint density at radius 1 is 1.50 bits per heavy atom. The number of anilines is 1. The molecular weight excluding hydrogens is 230 g/mol. The van der Waals surface area contributed by atoms with Crippen molar-refractivity contribution in [2.24, 2.45) is 0 Å². The van der Waals surface area contributed by atoms with Crippen molar-refractivity contribution in [2.45, 2.75) is 26.3 Å². The molecule has 2 aromatic rings. The molecule has 1 aromatic carbocycles. The highest BCUT2D eigenvalue weighted by atomic mass is 16.5. The molecule has 0 spiro atoms. The van der Waals surface area contributed by atoms with Gasteiger partial charge in [0.2, 0.25) is 0 Å². The van der Waals surface area contributed by atoms with Gasteiger partial charge in [-0.25, -0.2) is 0 Å². The third kappa shape index (κ3) is 2.80. The van der Waals surface area contributed by atoms with Crippen LogP contribution in [0.25, 0.3) is 10.9 Å². The Hall–Kier alpha value is -2.04. The first-order chi connectivity index (χ1) is 8.70. The number of fused-ring (bicyclic) bond motifs is 1. The van der Waals surface area contributed by atoms with Gasteiger partial charge in [0.1, 0.15) is 6.54 Å². The molecule has 5 heteroatoms. The second kappa shape index (κ2) is 5.53. The van der Waals surface area contributed by atoms with Gasteiger partial charge in [-0.05, 0) is 24.6 Å². The molecule has 0 radical (unpaired) electrons. The fourth-order valence-electron chi connectivity index (χ4n) is 1.71. The Balaban J connectivity index is 2.07. The predicted octanol–water partition coefficient (Wildman–Crippen LogP) is 1.96. The number of hydrogen-bond donors (Lipinski definition) is 1. The molecule has 96 valence electrons. The molecule has 0 aliphatic carbocycles. The van der Waals surface area contributed by atoms with E-state index in [1.54, 1.807) is 10.9 Å². The molecule has 0 unspecified atom stereocenters. The third-order valence-corrected chi connectivity index (χ3v) is 2.71. The molecule has 2 rings (SSSR count). The number of esters is 1. The average molecular weight is 247 g/mol. The summed E-state index contributed by atoms with van der Waals surface area (Å²) < 4.78 is 6.71. The standard InChI is InChI=1S/C13H17N3O2/c1-2-3-6-18-13(17)9-16-12-7-11(14)5-4-10(12)8-15-16/h4-5,7-8H,2-3,6,9,14H2,1H3. The molecule has 0 amide bonds. The van der Waals surface area contributed by atoms with Gasteiger partial charge in [0.15, 0.2) is 0 Å². The predicted molar refractivity (Wildman–Crippen MR) is 70.0 cm³/mol. The smallest absolute Gasteiger partial charge is 0.327 e. The van der Waals surface area contributed by atoms with E-state index in [9.17, 15) is 4.79 Å². The Labute approximate surface area is 106 Å². The number of rotatable bonds is 5. The third-order valence-electron chi connectivity index (χ3n) is 2.71. The molecular formula is C13H17N3O2. The maximum atomic E-state index is 11.6. The summed E-state index contributed by atoms with van der Waals surface area (Å²) in [4.78, 5) is 11.6. The summed E-state index contributed by atoms with van der Waals surface area (Å²) in [6, 6.07) is 5.51. The van der Waals surface area contributed by atoms with E-state index in [-0.39, 0.29) is 12.5 Å². The highest BCUT2D eigenvalue weighted by Gasteiger charge is 2.08. The van der Waals surface area contributed by atoms with Crippen molar-refractivity contribution in [1.82, 2.24) is 9.78 Å². The summed E-state index contributed by atoms with van der Waals surface area (Å²) in [5.41, 5.74) is 7.23. The number of nitrogens with two attached hydrogens (primary N) is 1. The number of ether oxygens (including phenoxy) is 1. The van der Waals surface area contributed by atoms with Crippen LogP contribution in [0.1, 0.15) is 19.8 Å². The number of carbonyl (C=O) groups is 1. The van der Waals surface area contributed by atoms with E-state index in [2.05, 4.69) is 12.0 Å². The highest BCUT2D eigenvalue weighted by molar-refractivity contribution is 5.83. The SMILES string of the molecule is CCCCOC(=O)Cn1ncc2ccc(N)cc21. The molecule has 18 heavy (non-hydrogen) atoms. The Morgan fingerprint density at radius 3 is 3.11 bits per heavy atom. The first-order valence-corrected chi connectivity index (χ1v) is 6.07. The van der Waals surface area contributed by atoms with E-state index < -0.39 is 0 Å². The molecule has 2 N–H and O–H groups in total. The monoisotopic (exact) mass is 247 g/mol. The molecule has 0 aliphatic heterocycles. The maximum Gasteiger partial charge on any atom is 0.327 e.